The fourth-order valence-electron chi connectivity index (χ4n) is 2.28. The molecular weight excluding hydrogens is 239 g/mol. The van der Waals surface area contributed by atoms with E-state index in [0.29, 0.717) is 0 Å². The molecule has 3 heteroatoms. The van der Waals surface area contributed by atoms with Gasteiger partial charge >= 0.3 is 0 Å². The highest BCUT2D eigenvalue weighted by molar-refractivity contribution is 5.40. The molecule has 1 heterocycles. The Kier molecular flexibility index (Phi) is 4.27. The summed E-state index contributed by atoms with van der Waals surface area (Å²) in [6, 6.07) is 7.73. The van der Waals surface area contributed by atoms with Crippen LogP contribution in [-0.2, 0) is 0 Å². The summed E-state index contributed by atoms with van der Waals surface area (Å²) in [6.07, 6.45) is 2.95. The molecular formula is C16H19FN2. The maximum atomic E-state index is 13.4. The number of aromatic nitrogens is 1. The van der Waals surface area contributed by atoms with Gasteiger partial charge in [0.2, 0.25) is 0 Å². The molecule has 19 heavy (non-hydrogen) atoms. The Balaban J connectivity index is 2.48. The van der Waals surface area contributed by atoms with Gasteiger partial charge in [0, 0.05) is 6.20 Å². The second-order valence-electron chi connectivity index (χ2n) is 4.72. The minimum Gasteiger partial charge on any atom is -0.306 e. The summed E-state index contributed by atoms with van der Waals surface area (Å²) in [5.41, 5.74) is 4.51. The van der Waals surface area contributed by atoms with Gasteiger partial charge in [-0.3, -0.25) is 4.98 Å². The molecule has 1 N–H and O–H groups in total. The van der Waals surface area contributed by atoms with Gasteiger partial charge < -0.3 is 5.32 Å². The molecule has 1 unspecified atom stereocenters. The zero-order valence-electron chi connectivity index (χ0n) is 11.6. The molecule has 0 saturated heterocycles. The molecule has 0 aliphatic rings. The summed E-state index contributed by atoms with van der Waals surface area (Å²) in [7, 11) is 0. The third-order valence-electron chi connectivity index (χ3n) is 3.43. The van der Waals surface area contributed by atoms with Crippen molar-refractivity contribution in [3.63, 3.8) is 0 Å². The second-order valence-corrected chi connectivity index (χ2v) is 4.72. The van der Waals surface area contributed by atoms with Crippen LogP contribution in [0.4, 0.5) is 4.39 Å². The van der Waals surface area contributed by atoms with E-state index in [0.717, 1.165) is 12.1 Å². The van der Waals surface area contributed by atoms with Crippen molar-refractivity contribution in [2.75, 3.05) is 6.54 Å². The Morgan fingerprint density at radius 2 is 2.05 bits per heavy atom. The fraction of sp³-hybridized carbons (Fsp3) is 0.312. The predicted molar refractivity (Wildman–Crippen MR) is 75.6 cm³/mol. The van der Waals surface area contributed by atoms with Crippen LogP contribution in [0.2, 0.25) is 0 Å². The van der Waals surface area contributed by atoms with Crippen LogP contribution in [0.15, 0.2) is 36.7 Å². The Hall–Kier alpha value is -1.74. The van der Waals surface area contributed by atoms with Crippen molar-refractivity contribution in [1.29, 1.82) is 0 Å². The van der Waals surface area contributed by atoms with E-state index in [4.69, 9.17) is 0 Å². The lowest BCUT2D eigenvalue weighted by Crippen LogP contribution is -2.23. The van der Waals surface area contributed by atoms with E-state index < -0.39 is 0 Å². The number of hydrogen-bond acceptors (Lipinski definition) is 2. The molecule has 0 amide bonds. The Morgan fingerprint density at radius 3 is 2.74 bits per heavy atom. The molecule has 0 spiro atoms. The van der Waals surface area contributed by atoms with Gasteiger partial charge in [-0.25, -0.2) is 4.39 Å². The molecule has 0 fully saturated rings. The SMILES string of the molecule is CCNC(c1cncc(F)c1)c1cccc(C)c1C. The van der Waals surface area contributed by atoms with E-state index in [1.807, 2.05) is 13.0 Å². The summed E-state index contributed by atoms with van der Waals surface area (Å²) in [6.45, 7) is 7.05. The highest BCUT2D eigenvalue weighted by Gasteiger charge is 2.16. The maximum absolute atomic E-state index is 13.4. The number of halogens is 1. The molecule has 2 aromatic rings. The summed E-state index contributed by atoms with van der Waals surface area (Å²) >= 11 is 0. The van der Waals surface area contributed by atoms with E-state index >= 15 is 0 Å². The van der Waals surface area contributed by atoms with Gasteiger partial charge in [-0.1, -0.05) is 25.1 Å². The van der Waals surface area contributed by atoms with Gasteiger partial charge in [0.1, 0.15) is 5.82 Å². The highest BCUT2D eigenvalue weighted by Crippen LogP contribution is 2.26. The van der Waals surface area contributed by atoms with Crippen LogP contribution in [0.25, 0.3) is 0 Å². The maximum Gasteiger partial charge on any atom is 0.141 e. The number of aryl methyl sites for hydroxylation is 1. The molecule has 0 aliphatic heterocycles. The second kappa shape index (κ2) is 5.93. The monoisotopic (exact) mass is 258 g/mol. The number of pyridine rings is 1. The van der Waals surface area contributed by atoms with E-state index in [-0.39, 0.29) is 11.9 Å². The molecule has 0 bridgehead atoms. The van der Waals surface area contributed by atoms with Crippen molar-refractivity contribution in [2.24, 2.45) is 0 Å². The zero-order chi connectivity index (χ0) is 13.8. The van der Waals surface area contributed by atoms with Crippen LogP contribution in [0.3, 0.4) is 0 Å². The smallest absolute Gasteiger partial charge is 0.141 e. The summed E-state index contributed by atoms with van der Waals surface area (Å²) < 4.78 is 13.4. The summed E-state index contributed by atoms with van der Waals surface area (Å²) in [5.74, 6) is -0.300. The normalized spacial score (nSPS) is 12.4. The largest absolute Gasteiger partial charge is 0.306 e. The van der Waals surface area contributed by atoms with Gasteiger partial charge in [-0.05, 0) is 48.7 Å². The third kappa shape index (κ3) is 2.99. The molecule has 2 nitrogen and oxygen atoms in total. The van der Waals surface area contributed by atoms with Crippen LogP contribution >= 0.6 is 0 Å². The van der Waals surface area contributed by atoms with Crippen molar-refractivity contribution in [2.45, 2.75) is 26.8 Å². The average molecular weight is 258 g/mol. The highest BCUT2D eigenvalue weighted by atomic mass is 19.1. The van der Waals surface area contributed by atoms with Gasteiger partial charge in [0.05, 0.1) is 12.2 Å². The van der Waals surface area contributed by atoms with Gasteiger partial charge in [0.15, 0.2) is 0 Å². The number of benzene rings is 1. The lowest BCUT2D eigenvalue weighted by molar-refractivity contribution is 0.594. The minimum absolute atomic E-state index is 0.0203. The lowest BCUT2D eigenvalue weighted by Gasteiger charge is -2.21. The molecule has 1 aromatic heterocycles. The first-order valence-electron chi connectivity index (χ1n) is 6.53. The Morgan fingerprint density at radius 1 is 1.26 bits per heavy atom. The standard InChI is InChI=1S/C16H19FN2/c1-4-19-16(13-8-14(17)10-18-9-13)15-7-5-6-11(2)12(15)3/h5-10,16,19H,4H2,1-3H3. The van der Waals surface area contributed by atoms with E-state index in [9.17, 15) is 4.39 Å². The number of nitrogens with zero attached hydrogens (tertiary/aromatic N) is 1. The number of rotatable bonds is 4. The van der Waals surface area contributed by atoms with Gasteiger partial charge in [-0.2, -0.15) is 0 Å². The first-order valence-corrected chi connectivity index (χ1v) is 6.53. The van der Waals surface area contributed by atoms with Crippen LogP contribution in [0, 0.1) is 19.7 Å². The molecule has 1 atom stereocenters. The molecule has 0 radical (unpaired) electrons. The molecule has 2 rings (SSSR count). The van der Waals surface area contributed by atoms with Crippen molar-refractivity contribution in [3.8, 4) is 0 Å². The van der Waals surface area contributed by atoms with Crippen molar-refractivity contribution in [3.05, 3.63) is 64.7 Å². The molecule has 0 aliphatic carbocycles. The zero-order valence-corrected chi connectivity index (χ0v) is 11.6. The number of nitrogens with one attached hydrogen (secondary N) is 1. The fourth-order valence-corrected chi connectivity index (χ4v) is 2.28. The van der Waals surface area contributed by atoms with Crippen LogP contribution in [-0.4, -0.2) is 11.5 Å². The van der Waals surface area contributed by atoms with Crippen molar-refractivity contribution >= 4 is 0 Å². The van der Waals surface area contributed by atoms with E-state index in [2.05, 4.69) is 36.3 Å². The lowest BCUT2D eigenvalue weighted by atomic mass is 9.93. The molecule has 0 saturated carbocycles. The third-order valence-corrected chi connectivity index (χ3v) is 3.43. The number of hydrogen-bond donors (Lipinski definition) is 1. The van der Waals surface area contributed by atoms with Crippen LogP contribution in [0.1, 0.15) is 35.2 Å². The van der Waals surface area contributed by atoms with Gasteiger partial charge in [-0.15, -0.1) is 0 Å². The van der Waals surface area contributed by atoms with E-state index in [1.54, 1.807) is 12.3 Å². The van der Waals surface area contributed by atoms with Crippen molar-refractivity contribution < 1.29 is 4.39 Å². The summed E-state index contributed by atoms with van der Waals surface area (Å²) in [5, 5.41) is 3.40. The Bertz CT molecular complexity index is 566. The van der Waals surface area contributed by atoms with Crippen molar-refractivity contribution in [1.82, 2.24) is 10.3 Å². The average Bonchev–Trinajstić information content (AvgIpc) is 2.40. The van der Waals surface area contributed by atoms with Crippen LogP contribution in [0.5, 0.6) is 0 Å². The minimum atomic E-state index is -0.300. The topological polar surface area (TPSA) is 24.9 Å². The van der Waals surface area contributed by atoms with E-state index in [1.165, 1.54) is 22.9 Å². The van der Waals surface area contributed by atoms with Crippen LogP contribution < -0.4 is 5.32 Å². The quantitative estimate of drug-likeness (QED) is 0.907. The first kappa shape index (κ1) is 13.7. The molecule has 100 valence electrons. The summed E-state index contributed by atoms with van der Waals surface area (Å²) in [4.78, 5) is 3.95. The molecule has 1 aromatic carbocycles. The predicted octanol–water partition coefficient (Wildman–Crippen LogP) is 3.54. The first-order chi connectivity index (χ1) is 9.13. The van der Waals surface area contributed by atoms with Gasteiger partial charge in [0.25, 0.3) is 0 Å². The Labute approximate surface area is 113 Å².